The fourth-order valence-corrected chi connectivity index (χ4v) is 4.41. The zero-order valence-corrected chi connectivity index (χ0v) is 17.9. The lowest BCUT2D eigenvalue weighted by atomic mass is 10.1. The van der Waals surface area contributed by atoms with Crippen LogP contribution in [0, 0.1) is 0 Å². The number of hydrogen-bond donors (Lipinski definition) is 0. The highest BCUT2D eigenvalue weighted by atomic mass is 79.9. The van der Waals surface area contributed by atoms with Crippen LogP contribution in [0.15, 0.2) is 53.5 Å². The van der Waals surface area contributed by atoms with Crippen molar-refractivity contribution >= 4 is 33.5 Å². The van der Waals surface area contributed by atoms with E-state index in [1.165, 1.54) is 12.8 Å². The molecule has 1 aliphatic rings. The fourth-order valence-electron chi connectivity index (χ4n) is 4.25. The Morgan fingerprint density at radius 1 is 1.19 bits per heavy atom. The average molecular weight is 451 g/mol. The van der Waals surface area contributed by atoms with Crippen LogP contribution in [0.1, 0.15) is 26.2 Å². The van der Waals surface area contributed by atoms with E-state index in [2.05, 4.69) is 25.6 Å². The number of benzene rings is 2. The van der Waals surface area contributed by atoms with Gasteiger partial charge in [0.2, 0.25) is 6.23 Å². The molecular weight excluding hydrogens is 426 g/mol. The second-order valence-electron chi connectivity index (χ2n) is 7.20. The van der Waals surface area contributed by atoms with Crippen molar-refractivity contribution in [3.63, 3.8) is 0 Å². The molecule has 1 fully saturated rings. The summed E-state index contributed by atoms with van der Waals surface area (Å²) in [5.74, 6) is 0.870. The summed E-state index contributed by atoms with van der Waals surface area (Å²) < 4.78 is 13.4. The highest BCUT2D eigenvalue weighted by molar-refractivity contribution is 6.31. The van der Waals surface area contributed by atoms with Crippen LogP contribution < -0.4 is 21.7 Å². The number of likely N-dealkylation sites (N-methyl/N-ethyl adjacent to an activating group) is 1. The van der Waals surface area contributed by atoms with Crippen LogP contribution in [0.25, 0.3) is 21.9 Å². The molecule has 2 heterocycles. The van der Waals surface area contributed by atoms with E-state index in [4.69, 9.17) is 20.8 Å². The number of quaternary nitrogens is 1. The first kappa shape index (κ1) is 20.2. The Morgan fingerprint density at radius 2 is 1.93 bits per heavy atom. The van der Waals surface area contributed by atoms with Gasteiger partial charge in [-0.15, -0.1) is 0 Å². The number of piperidine rings is 1. The van der Waals surface area contributed by atoms with Crippen LogP contribution in [0.3, 0.4) is 0 Å². The molecule has 27 heavy (non-hydrogen) atoms. The van der Waals surface area contributed by atoms with Crippen LogP contribution in [0.2, 0.25) is 5.02 Å². The van der Waals surface area contributed by atoms with Crippen LogP contribution in [-0.4, -0.2) is 30.3 Å². The van der Waals surface area contributed by atoms with E-state index in [1.54, 1.807) is 0 Å². The lowest BCUT2D eigenvalue weighted by molar-refractivity contribution is -0.966. The van der Waals surface area contributed by atoms with Gasteiger partial charge in [0, 0.05) is 34.3 Å². The van der Waals surface area contributed by atoms with Crippen molar-refractivity contribution in [2.45, 2.75) is 32.4 Å². The van der Waals surface area contributed by atoms with E-state index >= 15 is 0 Å². The van der Waals surface area contributed by atoms with Gasteiger partial charge in [0.05, 0.1) is 19.6 Å². The topological polar surface area (TPSA) is 22.4 Å². The molecule has 5 heteroatoms. The van der Waals surface area contributed by atoms with Crippen LogP contribution in [0.4, 0.5) is 0 Å². The molecule has 0 amide bonds. The molecule has 0 bridgehead atoms. The Labute approximate surface area is 175 Å². The smallest absolute Gasteiger partial charge is 0.233 e. The molecule has 0 spiro atoms. The Bertz CT molecular complexity index is 954. The predicted octanol–water partition coefficient (Wildman–Crippen LogP) is 3.15. The molecule has 0 aliphatic carbocycles. The number of rotatable bonds is 5. The number of hydrogen-bond acceptors (Lipinski definition) is 2. The third kappa shape index (κ3) is 3.75. The second kappa shape index (κ2) is 8.26. The summed E-state index contributed by atoms with van der Waals surface area (Å²) >= 11 is 6.09. The first-order valence-corrected chi connectivity index (χ1v) is 9.78. The number of ether oxygens (including phenoxy) is 1. The largest absolute Gasteiger partial charge is 1.00 e. The molecule has 3 nitrogen and oxygen atoms in total. The van der Waals surface area contributed by atoms with Gasteiger partial charge in [0.1, 0.15) is 16.9 Å². The molecule has 144 valence electrons. The van der Waals surface area contributed by atoms with Gasteiger partial charge in [-0.2, -0.15) is 0 Å². The standard InChI is InChI=1S/C22H25ClNO2.BrH/c1-3-12-24(4-2)13-6-5-7-22(24)25-17-9-11-19-18-10-8-16(23)14-20(18)26-21(19)15-17;/h3,8-11,14-15,22H,1,4-7,12-13H2,2H3;1H/q+1;/p-1. The third-order valence-corrected chi connectivity index (χ3v) is 5.95. The first-order chi connectivity index (χ1) is 12.6. The molecule has 1 saturated heterocycles. The zero-order chi connectivity index (χ0) is 18.1. The molecule has 1 aromatic heterocycles. The molecule has 2 unspecified atom stereocenters. The maximum absolute atomic E-state index is 6.48. The molecule has 1 aliphatic heterocycles. The molecule has 3 aromatic rings. The van der Waals surface area contributed by atoms with Crippen LogP contribution >= 0.6 is 11.6 Å². The minimum Gasteiger partial charge on any atom is -1.00 e. The summed E-state index contributed by atoms with van der Waals surface area (Å²) in [6, 6.07) is 11.9. The van der Waals surface area contributed by atoms with E-state index in [9.17, 15) is 0 Å². The molecule has 2 atom stereocenters. The van der Waals surface area contributed by atoms with Crippen molar-refractivity contribution in [3.05, 3.63) is 54.1 Å². The maximum atomic E-state index is 6.48. The summed E-state index contributed by atoms with van der Waals surface area (Å²) in [6.45, 7) is 9.37. The zero-order valence-electron chi connectivity index (χ0n) is 15.6. The van der Waals surface area contributed by atoms with Gasteiger partial charge >= 0.3 is 0 Å². The number of likely N-dealkylation sites (tertiary alicyclic amines) is 1. The highest BCUT2D eigenvalue weighted by Crippen LogP contribution is 2.34. The van der Waals surface area contributed by atoms with Gasteiger partial charge in [0.25, 0.3) is 0 Å². The van der Waals surface area contributed by atoms with E-state index in [1.807, 2.05) is 30.3 Å². The molecular formula is C22H25BrClNO2. The van der Waals surface area contributed by atoms with Crippen molar-refractivity contribution < 1.29 is 30.6 Å². The van der Waals surface area contributed by atoms with Crippen molar-refractivity contribution in [2.24, 2.45) is 0 Å². The van der Waals surface area contributed by atoms with E-state index in [0.29, 0.717) is 5.02 Å². The highest BCUT2D eigenvalue weighted by Gasteiger charge is 2.38. The molecule has 2 aromatic carbocycles. The van der Waals surface area contributed by atoms with E-state index in [0.717, 1.165) is 58.2 Å². The normalized spacial score (nSPS) is 22.5. The molecule has 0 radical (unpaired) electrons. The number of nitrogens with zero attached hydrogens (tertiary/aromatic N) is 1. The Balaban J connectivity index is 0.00000210. The maximum Gasteiger partial charge on any atom is 0.233 e. The van der Waals surface area contributed by atoms with Crippen molar-refractivity contribution in [2.75, 3.05) is 19.6 Å². The lowest BCUT2D eigenvalue weighted by Gasteiger charge is -2.45. The summed E-state index contributed by atoms with van der Waals surface area (Å²) in [5, 5.41) is 2.86. The molecule has 4 rings (SSSR count). The minimum atomic E-state index is 0. The third-order valence-electron chi connectivity index (χ3n) is 5.72. The van der Waals surface area contributed by atoms with Gasteiger partial charge in [-0.1, -0.05) is 18.2 Å². The second-order valence-corrected chi connectivity index (χ2v) is 7.63. The fraction of sp³-hybridized carbons (Fsp3) is 0.364. The van der Waals surface area contributed by atoms with Gasteiger partial charge in [-0.3, -0.25) is 4.48 Å². The summed E-state index contributed by atoms with van der Waals surface area (Å²) in [4.78, 5) is 0. The Kier molecular flexibility index (Phi) is 6.19. The van der Waals surface area contributed by atoms with Gasteiger partial charge in [-0.05, 0) is 50.1 Å². The lowest BCUT2D eigenvalue weighted by Crippen LogP contribution is -3.00. The summed E-state index contributed by atoms with van der Waals surface area (Å²) in [5.41, 5.74) is 1.65. The quantitative estimate of drug-likeness (QED) is 0.440. The van der Waals surface area contributed by atoms with E-state index in [-0.39, 0.29) is 23.2 Å². The van der Waals surface area contributed by atoms with Gasteiger partial charge in [-0.25, -0.2) is 0 Å². The van der Waals surface area contributed by atoms with Crippen molar-refractivity contribution in [1.29, 1.82) is 0 Å². The van der Waals surface area contributed by atoms with Crippen molar-refractivity contribution in [1.82, 2.24) is 0 Å². The minimum absolute atomic E-state index is 0. The average Bonchev–Trinajstić information content (AvgIpc) is 3.00. The monoisotopic (exact) mass is 449 g/mol. The number of halogens is 2. The SMILES string of the molecule is C=CC[N+]1(CC)CCCCC1Oc1ccc2c(c1)oc1cc(Cl)ccc12.[Br-]. The van der Waals surface area contributed by atoms with Gasteiger partial charge in [0.15, 0.2) is 0 Å². The first-order valence-electron chi connectivity index (χ1n) is 9.40. The summed E-state index contributed by atoms with van der Waals surface area (Å²) in [6.07, 6.45) is 5.74. The predicted molar refractivity (Wildman–Crippen MR) is 108 cm³/mol. The van der Waals surface area contributed by atoms with Gasteiger partial charge < -0.3 is 26.1 Å². The Hall–Kier alpha value is -1.49. The van der Waals surface area contributed by atoms with Crippen LogP contribution in [0.5, 0.6) is 5.75 Å². The molecule has 0 saturated carbocycles. The molecule has 0 N–H and O–H groups in total. The van der Waals surface area contributed by atoms with Crippen molar-refractivity contribution in [3.8, 4) is 5.75 Å². The summed E-state index contributed by atoms with van der Waals surface area (Å²) in [7, 11) is 0. The van der Waals surface area contributed by atoms with E-state index < -0.39 is 0 Å². The Morgan fingerprint density at radius 3 is 2.67 bits per heavy atom. The van der Waals surface area contributed by atoms with Crippen LogP contribution in [-0.2, 0) is 0 Å². The number of fused-ring (bicyclic) bond motifs is 3. The number of furan rings is 1.